The number of halogens is 1. The van der Waals surface area contributed by atoms with Crippen molar-refractivity contribution >= 4 is 34.3 Å². The van der Waals surface area contributed by atoms with Gasteiger partial charge in [-0.3, -0.25) is 0 Å². The molecule has 0 aliphatic carbocycles. The van der Waals surface area contributed by atoms with E-state index in [1.54, 1.807) is 0 Å². The summed E-state index contributed by atoms with van der Waals surface area (Å²) < 4.78 is 6.20. The standard InChI is InChI=1S/C11H15IN2O2/c1-2-16-7-6-13-11(15)14-10-5-3-4-9(12)8-10/h3-5,8H,2,6-7H2,1H3,(H2,13,14,15). The first-order chi connectivity index (χ1) is 7.72. The van der Waals surface area contributed by atoms with Crippen LogP contribution >= 0.6 is 22.6 Å². The van der Waals surface area contributed by atoms with E-state index in [9.17, 15) is 4.79 Å². The molecule has 2 amide bonds. The zero-order valence-corrected chi connectivity index (χ0v) is 11.3. The molecule has 0 radical (unpaired) electrons. The molecular weight excluding hydrogens is 319 g/mol. The molecule has 1 rings (SSSR count). The van der Waals surface area contributed by atoms with Crippen LogP contribution in [0.5, 0.6) is 0 Å². The first-order valence-corrected chi connectivity index (χ1v) is 6.18. The summed E-state index contributed by atoms with van der Waals surface area (Å²) in [5.74, 6) is 0. The summed E-state index contributed by atoms with van der Waals surface area (Å²) >= 11 is 2.20. The van der Waals surface area contributed by atoms with Crippen LogP contribution in [0.2, 0.25) is 0 Å². The predicted octanol–water partition coefficient (Wildman–Crippen LogP) is 2.45. The van der Waals surface area contributed by atoms with E-state index in [1.165, 1.54) is 0 Å². The van der Waals surface area contributed by atoms with Crippen LogP contribution in [0.1, 0.15) is 6.92 Å². The summed E-state index contributed by atoms with van der Waals surface area (Å²) in [7, 11) is 0. The molecule has 1 aromatic rings. The first-order valence-electron chi connectivity index (χ1n) is 5.10. The quantitative estimate of drug-likeness (QED) is 0.642. The van der Waals surface area contributed by atoms with Gasteiger partial charge >= 0.3 is 6.03 Å². The molecule has 0 unspecified atom stereocenters. The van der Waals surface area contributed by atoms with E-state index >= 15 is 0 Å². The zero-order valence-electron chi connectivity index (χ0n) is 9.13. The van der Waals surface area contributed by atoms with Gasteiger partial charge in [0, 0.05) is 22.4 Å². The molecule has 88 valence electrons. The lowest BCUT2D eigenvalue weighted by atomic mass is 10.3. The summed E-state index contributed by atoms with van der Waals surface area (Å²) in [5, 5.41) is 5.46. The van der Waals surface area contributed by atoms with Crippen molar-refractivity contribution in [2.24, 2.45) is 0 Å². The van der Waals surface area contributed by atoms with E-state index < -0.39 is 0 Å². The minimum absolute atomic E-state index is 0.207. The van der Waals surface area contributed by atoms with Gasteiger partial charge in [-0.05, 0) is 47.7 Å². The molecular formula is C11H15IN2O2. The molecule has 0 aliphatic rings. The second-order valence-corrected chi connectivity index (χ2v) is 4.33. The molecule has 0 heterocycles. The fourth-order valence-corrected chi connectivity index (χ4v) is 1.67. The van der Waals surface area contributed by atoms with Crippen LogP contribution in [0.15, 0.2) is 24.3 Å². The average molecular weight is 334 g/mol. The Balaban J connectivity index is 2.29. The van der Waals surface area contributed by atoms with Crippen molar-refractivity contribution in [2.45, 2.75) is 6.92 Å². The third-order valence-electron chi connectivity index (χ3n) is 1.82. The van der Waals surface area contributed by atoms with Gasteiger partial charge < -0.3 is 15.4 Å². The summed E-state index contributed by atoms with van der Waals surface area (Å²) in [6.07, 6.45) is 0. The molecule has 4 nitrogen and oxygen atoms in total. The molecule has 0 bridgehead atoms. The van der Waals surface area contributed by atoms with Gasteiger partial charge in [-0.1, -0.05) is 6.07 Å². The van der Waals surface area contributed by atoms with Crippen LogP contribution in [-0.2, 0) is 4.74 Å². The van der Waals surface area contributed by atoms with Gasteiger partial charge in [-0.2, -0.15) is 0 Å². The minimum Gasteiger partial charge on any atom is -0.380 e. The fraction of sp³-hybridized carbons (Fsp3) is 0.364. The van der Waals surface area contributed by atoms with Gasteiger partial charge in [0.1, 0.15) is 0 Å². The molecule has 0 atom stereocenters. The van der Waals surface area contributed by atoms with Crippen LogP contribution in [0, 0.1) is 3.57 Å². The van der Waals surface area contributed by atoms with Crippen LogP contribution in [-0.4, -0.2) is 25.8 Å². The summed E-state index contributed by atoms with van der Waals surface area (Å²) in [4.78, 5) is 11.4. The largest absolute Gasteiger partial charge is 0.380 e. The van der Waals surface area contributed by atoms with Crippen molar-refractivity contribution in [3.05, 3.63) is 27.8 Å². The number of benzene rings is 1. The molecule has 0 spiro atoms. The van der Waals surface area contributed by atoms with E-state index in [-0.39, 0.29) is 6.03 Å². The number of carbonyl (C=O) groups excluding carboxylic acids is 1. The first kappa shape index (κ1) is 13.2. The van der Waals surface area contributed by atoms with Crippen LogP contribution in [0.25, 0.3) is 0 Å². The molecule has 0 saturated heterocycles. The van der Waals surface area contributed by atoms with E-state index in [2.05, 4.69) is 33.2 Å². The maximum absolute atomic E-state index is 11.4. The van der Waals surface area contributed by atoms with Crippen molar-refractivity contribution in [3.63, 3.8) is 0 Å². The highest BCUT2D eigenvalue weighted by molar-refractivity contribution is 14.1. The van der Waals surface area contributed by atoms with E-state index in [4.69, 9.17) is 4.74 Å². The van der Waals surface area contributed by atoms with Crippen LogP contribution < -0.4 is 10.6 Å². The van der Waals surface area contributed by atoms with Gasteiger partial charge in [0.25, 0.3) is 0 Å². The molecule has 2 N–H and O–H groups in total. The van der Waals surface area contributed by atoms with Crippen molar-refractivity contribution in [2.75, 3.05) is 25.1 Å². The van der Waals surface area contributed by atoms with Crippen molar-refractivity contribution in [1.29, 1.82) is 0 Å². The van der Waals surface area contributed by atoms with E-state index in [1.807, 2.05) is 31.2 Å². The summed E-state index contributed by atoms with van der Waals surface area (Å²) in [5.41, 5.74) is 0.792. The molecule has 0 fully saturated rings. The fourth-order valence-electron chi connectivity index (χ4n) is 1.12. The van der Waals surface area contributed by atoms with Crippen molar-refractivity contribution in [3.8, 4) is 0 Å². The number of nitrogens with one attached hydrogen (secondary N) is 2. The Labute approximate surface area is 109 Å². The van der Waals surface area contributed by atoms with Gasteiger partial charge in [0.05, 0.1) is 6.61 Å². The Bertz CT molecular complexity index is 345. The number of urea groups is 1. The van der Waals surface area contributed by atoms with Crippen LogP contribution in [0.4, 0.5) is 10.5 Å². The molecule has 5 heteroatoms. The van der Waals surface area contributed by atoms with E-state index in [0.717, 1.165) is 9.26 Å². The lowest BCUT2D eigenvalue weighted by Crippen LogP contribution is -2.31. The summed E-state index contributed by atoms with van der Waals surface area (Å²) in [6.45, 7) is 3.64. The Morgan fingerprint density at radius 1 is 1.50 bits per heavy atom. The molecule has 0 aliphatic heterocycles. The Morgan fingerprint density at radius 2 is 2.31 bits per heavy atom. The highest BCUT2D eigenvalue weighted by Gasteiger charge is 2.00. The average Bonchev–Trinajstić information content (AvgIpc) is 2.24. The number of anilines is 1. The van der Waals surface area contributed by atoms with Gasteiger partial charge in [0.15, 0.2) is 0 Å². The highest BCUT2D eigenvalue weighted by atomic mass is 127. The number of rotatable bonds is 5. The molecule has 1 aromatic carbocycles. The van der Waals surface area contributed by atoms with Gasteiger partial charge in [0.2, 0.25) is 0 Å². The number of hydrogen-bond acceptors (Lipinski definition) is 2. The SMILES string of the molecule is CCOCCNC(=O)Nc1cccc(I)c1. The van der Waals surface area contributed by atoms with Crippen LogP contribution in [0.3, 0.4) is 0 Å². The van der Waals surface area contributed by atoms with E-state index in [0.29, 0.717) is 19.8 Å². The topological polar surface area (TPSA) is 50.4 Å². The number of hydrogen-bond donors (Lipinski definition) is 2. The molecule has 0 saturated carbocycles. The minimum atomic E-state index is -0.207. The second kappa shape index (κ2) is 7.45. The Morgan fingerprint density at radius 3 is 3.00 bits per heavy atom. The smallest absolute Gasteiger partial charge is 0.319 e. The Hall–Kier alpha value is -0.820. The normalized spacial score (nSPS) is 9.88. The Kier molecular flexibility index (Phi) is 6.17. The maximum atomic E-state index is 11.4. The number of ether oxygens (including phenoxy) is 1. The highest BCUT2D eigenvalue weighted by Crippen LogP contribution is 2.11. The second-order valence-electron chi connectivity index (χ2n) is 3.09. The lowest BCUT2D eigenvalue weighted by Gasteiger charge is -2.07. The van der Waals surface area contributed by atoms with Crippen molar-refractivity contribution in [1.82, 2.24) is 5.32 Å². The summed E-state index contributed by atoms with van der Waals surface area (Å²) in [6, 6.07) is 7.42. The third-order valence-corrected chi connectivity index (χ3v) is 2.49. The van der Waals surface area contributed by atoms with Gasteiger partial charge in [-0.25, -0.2) is 4.79 Å². The lowest BCUT2D eigenvalue weighted by molar-refractivity contribution is 0.150. The number of carbonyl (C=O) groups is 1. The monoisotopic (exact) mass is 334 g/mol. The van der Waals surface area contributed by atoms with Crippen molar-refractivity contribution < 1.29 is 9.53 Å². The molecule has 0 aromatic heterocycles. The maximum Gasteiger partial charge on any atom is 0.319 e. The predicted molar refractivity (Wildman–Crippen MR) is 72.7 cm³/mol. The number of amides is 2. The third kappa shape index (κ3) is 5.32. The molecule has 16 heavy (non-hydrogen) atoms. The zero-order chi connectivity index (χ0) is 11.8. The van der Waals surface area contributed by atoms with Gasteiger partial charge in [-0.15, -0.1) is 0 Å².